The lowest BCUT2D eigenvalue weighted by Gasteiger charge is -2.23. The van der Waals surface area contributed by atoms with Gasteiger partial charge in [-0.05, 0) is 36.6 Å². The molecule has 0 spiro atoms. The van der Waals surface area contributed by atoms with Crippen molar-refractivity contribution in [1.82, 2.24) is 19.8 Å². The molecule has 0 amide bonds. The second-order valence-corrected chi connectivity index (χ2v) is 4.77. The Morgan fingerprint density at radius 2 is 2.00 bits per heavy atom. The maximum absolute atomic E-state index is 5.89. The van der Waals surface area contributed by atoms with E-state index in [1.165, 1.54) is 32.1 Å². The van der Waals surface area contributed by atoms with Gasteiger partial charge in [-0.1, -0.05) is 19.3 Å². The molecule has 0 radical (unpaired) electrons. The van der Waals surface area contributed by atoms with Crippen LogP contribution in [-0.4, -0.2) is 25.9 Å². The van der Waals surface area contributed by atoms with Crippen molar-refractivity contribution in [3.05, 3.63) is 17.4 Å². The highest BCUT2D eigenvalue weighted by Gasteiger charge is 2.14. The average molecular weight is 252 g/mol. The van der Waals surface area contributed by atoms with Gasteiger partial charge >= 0.3 is 0 Å². The molecule has 2 aromatic heterocycles. The molecular weight excluding hydrogens is 238 g/mol. The largest absolute Gasteiger partial charge is 0.366 e. The molecule has 3 rings (SSSR count). The molecule has 2 heterocycles. The van der Waals surface area contributed by atoms with Crippen LogP contribution >= 0.6 is 11.6 Å². The molecule has 6 heteroatoms. The number of halogens is 1. The Bertz CT molecular complexity index is 518. The van der Waals surface area contributed by atoms with E-state index in [0.717, 1.165) is 5.82 Å². The van der Waals surface area contributed by atoms with Crippen molar-refractivity contribution in [2.45, 2.75) is 38.1 Å². The van der Waals surface area contributed by atoms with Crippen molar-refractivity contribution in [3.8, 4) is 0 Å². The number of nitrogens with one attached hydrogen (secondary N) is 1. The Labute approximate surface area is 104 Å². The number of rotatable bonds is 2. The summed E-state index contributed by atoms with van der Waals surface area (Å²) in [6.07, 6.45) is 6.38. The van der Waals surface area contributed by atoms with E-state index >= 15 is 0 Å². The topological polar surface area (TPSA) is 55.1 Å². The van der Waals surface area contributed by atoms with Gasteiger partial charge in [-0.15, -0.1) is 15.3 Å². The van der Waals surface area contributed by atoms with Crippen LogP contribution in [0.15, 0.2) is 12.1 Å². The number of hydrogen-bond acceptors (Lipinski definition) is 4. The zero-order valence-corrected chi connectivity index (χ0v) is 10.2. The predicted octanol–water partition coefficient (Wildman–Crippen LogP) is 2.52. The molecule has 0 aromatic carbocycles. The summed E-state index contributed by atoms with van der Waals surface area (Å²) >= 11 is 5.89. The molecule has 0 unspecified atom stereocenters. The maximum Gasteiger partial charge on any atom is 0.246 e. The Hall–Kier alpha value is -1.36. The minimum Gasteiger partial charge on any atom is -0.366 e. The van der Waals surface area contributed by atoms with Crippen LogP contribution in [0.3, 0.4) is 0 Å². The summed E-state index contributed by atoms with van der Waals surface area (Å²) in [5.41, 5.74) is 0.671. The molecule has 2 aromatic rings. The number of fused-ring (bicyclic) bond motifs is 1. The van der Waals surface area contributed by atoms with E-state index in [0.29, 0.717) is 17.0 Å². The van der Waals surface area contributed by atoms with Crippen LogP contribution in [0.4, 0.5) is 5.82 Å². The summed E-state index contributed by atoms with van der Waals surface area (Å²) in [4.78, 5) is 0. The monoisotopic (exact) mass is 251 g/mol. The van der Waals surface area contributed by atoms with Crippen LogP contribution in [0.25, 0.3) is 5.65 Å². The third kappa shape index (κ3) is 2.20. The van der Waals surface area contributed by atoms with Crippen LogP contribution in [0, 0.1) is 0 Å². The first-order valence-corrected chi connectivity index (χ1v) is 6.35. The van der Waals surface area contributed by atoms with E-state index in [-0.39, 0.29) is 0 Å². The standard InChI is InChI=1S/C11H14ClN5/c12-11-15-14-10-7-6-9(16-17(10)11)13-8-4-2-1-3-5-8/h6-8H,1-5H2,(H,13,16). The van der Waals surface area contributed by atoms with Gasteiger partial charge in [-0.3, -0.25) is 0 Å². The number of hydrogen-bond donors (Lipinski definition) is 1. The van der Waals surface area contributed by atoms with Gasteiger partial charge in [0.2, 0.25) is 5.28 Å². The van der Waals surface area contributed by atoms with E-state index in [2.05, 4.69) is 20.6 Å². The normalized spacial score (nSPS) is 17.5. The molecule has 1 fully saturated rings. The molecule has 1 N–H and O–H groups in total. The summed E-state index contributed by atoms with van der Waals surface area (Å²) < 4.78 is 1.55. The van der Waals surface area contributed by atoms with Gasteiger partial charge in [0.15, 0.2) is 5.65 Å². The van der Waals surface area contributed by atoms with Crippen molar-refractivity contribution in [2.24, 2.45) is 0 Å². The minimum atomic E-state index is 0.298. The highest BCUT2D eigenvalue weighted by Crippen LogP contribution is 2.21. The van der Waals surface area contributed by atoms with Crippen LogP contribution < -0.4 is 5.32 Å². The zero-order chi connectivity index (χ0) is 11.7. The minimum absolute atomic E-state index is 0.298. The molecule has 5 nitrogen and oxygen atoms in total. The smallest absolute Gasteiger partial charge is 0.246 e. The first-order valence-electron chi connectivity index (χ1n) is 5.97. The first-order chi connectivity index (χ1) is 8.33. The Morgan fingerprint density at radius 3 is 2.82 bits per heavy atom. The van der Waals surface area contributed by atoms with Crippen LogP contribution in [0.1, 0.15) is 32.1 Å². The number of anilines is 1. The van der Waals surface area contributed by atoms with Gasteiger partial charge in [0.05, 0.1) is 0 Å². The van der Waals surface area contributed by atoms with E-state index in [1.54, 1.807) is 4.52 Å². The average Bonchev–Trinajstić information content (AvgIpc) is 2.73. The van der Waals surface area contributed by atoms with Crippen LogP contribution in [0.5, 0.6) is 0 Å². The van der Waals surface area contributed by atoms with Crippen molar-refractivity contribution in [1.29, 1.82) is 0 Å². The molecule has 0 atom stereocenters. The molecule has 0 saturated heterocycles. The molecule has 0 aliphatic heterocycles. The lowest BCUT2D eigenvalue weighted by Crippen LogP contribution is -2.23. The van der Waals surface area contributed by atoms with Crippen molar-refractivity contribution in [2.75, 3.05) is 5.32 Å². The molecular formula is C11H14ClN5. The van der Waals surface area contributed by atoms with Gasteiger partial charge in [0.25, 0.3) is 0 Å². The van der Waals surface area contributed by atoms with Gasteiger partial charge in [-0.25, -0.2) is 0 Å². The molecule has 1 aliphatic rings. The third-order valence-electron chi connectivity index (χ3n) is 3.18. The van der Waals surface area contributed by atoms with Gasteiger partial charge < -0.3 is 5.32 Å². The summed E-state index contributed by atoms with van der Waals surface area (Å²) in [5.74, 6) is 0.839. The van der Waals surface area contributed by atoms with Crippen molar-refractivity contribution < 1.29 is 0 Å². The summed E-state index contributed by atoms with van der Waals surface area (Å²) in [7, 11) is 0. The number of nitrogens with zero attached hydrogens (tertiary/aromatic N) is 4. The summed E-state index contributed by atoms with van der Waals surface area (Å²) in [5, 5.41) is 15.8. The highest BCUT2D eigenvalue weighted by molar-refractivity contribution is 6.28. The van der Waals surface area contributed by atoms with Gasteiger partial charge in [0.1, 0.15) is 5.82 Å². The second-order valence-electron chi connectivity index (χ2n) is 4.44. The maximum atomic E-state index is 5.89. The van der Waals surface area contributed by atoms with E-state index in [9.17, 15) is 0 Å². The van der Waals surface area contributed by atoms with E-state index in [1.807, 2.05) is 12.1 Å². The van der Waals surface area contributed by atoms with Crippen molar-refractivity contribution in [3.63, 3.8) is 0 Å². The fourth-order valence-electron chi connectivity index (χ4n) is 2.30. The van der Waals surface area contributed by atoms with Crippen LogP contribution in [0.2, 0.25) is 5.28 Å². The molecule has 1 aliphatic carbocycles. The van der Waals surface area contributed by atoms with Crippen LogP contribution in [-0.2, 0) is 0 Å². The van der Waals surface area contributed by atoms with Gasteiger partial charge in [-0.2, -0.15) is 4.52 Å². The fourth-order valence-corrected chi connectivity index (χ4v) is 2.46. The number of aromatic nitrogens is 4. The molecule has 90 valence electrons. The SMILES string of the molecule is Clc1nnc2ccc(NC3CCCCC3)nn12. The lowest BCUT2D eigenvalue weighted by molar-refractivity contribution is 0.461. The Balaban J connectivity index is 1.82. The fraction of sp³-hybridized carbons (Fsp3) is 0.545. The van der Waals surface area contributed by atoms with Crippen molar-refractivity contribution >= 4 is 23.1 Å². The summed E-state index contributed by atoms with van der Waals surface area (Å²) in [6, 6.07) is 4.33. The second kappa shape index (κ2) is 4.49. The summed E-state index contributed by atoms with van der Waals surface area (Å²) in [6.45, 7) is 0. The van der Waals surface area contributed by atoms with E-state index in [4.69, 9.17) is 11.6 Å². The zero-order valence-electron chi connectivity index (χ0n) is 9.43. The predicted molar refractivity (Wildman–Crippen MR) is 66.3 cm³/mol. The Kier molecular flexibility index (Phi) is 2.84. The third-order valence-corrected chi connectivity index (χ3v) is 3.42. The highest BCUT2D eigenvalue weighted by atomic mass is 35.5. The van der Waals surface area contributed by atoms with E-state index < -0.39 is 0 Å². The molecule has 0 bridgehead atoms. The lowest BCUT2D eigenvalue weighted by atomic mass is 9.95. The van der Waals surface area contributed by atoms with Gasteiger partial charge in [0, 0.05) is 6.04 Å². The Morgan fingerprint density at radius 1 is 1.18 bits per heavy atom. The molecule has 1 saturated carbocycles. The quantitative estimate of drug-likeness (QED) is 0.891. The molecule has 17 heavy (non-hydrogen) atoms. The first kappa shape index (κ1) is 10.8.